The Bertz CT molecular complexity index is 1130. The van der Waals surface area contributed by atoms with Crippen LogP contribution < -0.4 is 4.74 Å². The normalized spacial score (nSPS) is 18.6. The summed E-state index contributed by atoms with van der Waals surface area (Å²) in [7, 11) is -1.01. The van der Waals surface area contributed by atoms with Crippen molar-refractivity contribution >= 4 is 21.9 Å². The number of methoxy groups -OCH3 is 2. The van der Waals surface area contributed by atoms with E-state index < -0.39 is 16.0 Å². The fourth-order valence-corrected chi connectivity index (χ4v) is 5.95. The first-order valence-electron chi connectivity index (χ1n) is 11.5. The molecule has 2 aromatic carbocycles. The van der Waals surface area contributed by atoms with Gasteiger partial charge in [0.25, 0.3) is 0 Å². The first-order chi connectivity index (χ1) is 16.3. The van der Waals surface area contributed by atoms with E-state index in [1.165, 1.54) is 30.7 Å². The highest BCUT2D eigenvalue weighted by Gasteiger charge is 2.39. The molecule has 1 aliphatic carbocycles. The van der Waals surface area contributed by atoms with E-state index >= 15 is 0 Å². The van der Waals surface area contributed by atoms with Crippen molar-refractivity contribution in [2.24, 2.45) is 5.92 Å². The van der Waals surface area contributed by atoms with E-state index in [2.05, 4.69) is 0 Å². The molecule has 0 aromatic heterocycles. The van der Waals surface area contributed by atoms with Gasteiger partial charge in [0.1, 0.15) is 5.75 Å². The second-order valence-electron chi connectivity index (χ2n) is 8.77. The van der Waals surface area contributed by atoms with Crippen LogP contribution in [0.25, 0.3) is 0 Å². The second-order valence-corrected chi connectivity index (χ2v) is 10.7. The third-order valence-corrected chi connectivity index (χ3v) is 8.33. The molecule has 9 heteroatoms. The van der Waals surface area contributed by atoms with Crippen LogP contribution in [-0.2, 0) is 26.1 Å². The number of amides is 1. The van der Waals surface area contributed by atoms with Gasteiger partial charge in [-0.25, -0.2) is 13.2 Å². The zero-order valence-corrected chi connectivity index (χ0v) is 20.3. The van der Waals surface area contributed by atoms with Crippen molar-refractivity contribution in [3.05, 3.63) is 59.7 Å². The van der Waals surface area contributed by atoms with Crippen LogP contribution >= 0.6 is 0 Å². The molecule has 1 aliphatic heterocycles. The number of sulfonamides is 1. The van der Waals surface area contributed by atoms with Gasteiger partial charge in [-0.15, -0.1) is 0 Å². The van der Waals surface area contributed by atoms with E-state index in [-0.39, 0.29) is 29.3 Å². The van der Waals surface area contributed by atoms with Gasteiger partial charge in [-0.05, 0) is 67.6 Å². The highest BCUT2D eigenvalue weighted by atomic mass is 32.2. The Morgan fingerprint density at radius 1 is 1.00 bits per heavy atom. The highest BCUT2D eigenvalue weighted by molar-refractivity contribution is 7.89. The predicted octanol–water partition coefficient (Wildman–Crippen LogP) is 3.07. The third kappa shape index (κ3) is 5.26. The van der Waals surface area contributed by atoms with Gasteiger partial charge in [0, 0.05) is 31.6 Å². The molecule has 34 heavy (non-hydrogen) atoms. The molecule has 2 aliphatic rings. The molecular formula is C25H30N2O6S. The van der Waals surface area contributed by atoms with Gasteiger partial charge >= 0.3 is 5.97 Å². The maximum Gasteiger partial charge on any atom is 0.337 e. The molecule has 1 saturated heterocycles. The SMILES string of the molecule is COC(=O)c1ccc(CN(C2CCCN(C(=O)C3CC3)C2)S(=O)(=O)c2ccc(OC)cc2)cc1. The first-order valence-corrected chi connectivity index (χ1v) is 12.9. The number of likely N-dealkylation sites (tertiary alicyclic amines) is 1. The van der Waals surface area contributed by atoms with E-state index in [9.17, 15) is 18.0 Å². The minimum Gasteiger partial charge on any atom is -0.497 e. The lowest BCUT2D eigenvalue weighted by molar-refractivity contribution is -0.134. The molecule has 182 valence electrons. The van der Waals surface area contributed by atoms with E-state index in [0.29, 0.717) is 30.8 Å². The molecule has 1 unspecified atom stereocenters. The highest BCUT2D eigenvalue weighted by Crippen LogP contribution is 2.33. The third-order valence-electron chi connectivity index (χ3n) is 6.42. The summed E-state index contributed by atoms with van der Waals surface area (Å²) in [5, 5.41) is 0. The van der Waals surface area contributed by atoms with Crippen LogP contribution in [0, 0.1) is 5.92 Å². The van der Waals surface area contributed by atoms with Crippen LogP contribution in [0.2, 0.25) is 0 Å². The summed E-state index contributed by atoms with van der Waals surface area (Å²) < 4.78 is 39.0. The lowest BCUT2D eigenvalue weighted by atomic mass is 10.0. The minimum absolute atomic E-state index is 0.0938. The van der Waals surface area contributed by atoms with Gasteiger partial charge in [0.05, 0.1) is 24.7 Å². The quantitative estimate of drug-likeness (QED) is 0.533. The maximum absolute atomic E-state index is 13.8. The summed E-state index contributed by atoms with van der Waals surface area (Å²) in [5.74, 6) is 0.351. The molecule has 1 saturated carbocycles. The average molecular weight is 487 g/mol. The fraction of sp³-hybridized carbons (Fsp3) is 0.440. The van der Waals surface area contributed by atoms with Crippen LogP contribution in [0.15, 0.2) is 53.4 Å². The van der Waals surface area contributed by atoms with Crippen molar-refractivity contribution in [3.8, 4) is 5.75 Å². The minimum atomic E-state index is -3.86. The Balaban J connectivity index is 1.63. The van der Waals surface area contributed by atoms with Crippen molar-refractivity contribution in [2.75, 3.05) is 27.3 Å². The lowest BCUT2D eigenvalue weighted by Crippen LogP contribution is -2.51. The number of carbonyl (C=O) groups excluding carboxylic acids is 2. The number of carbonyl (C=O) groups is 2. The summed E-state index contributed by atoms with van der Waals surface area (Å²) in [6.45, 7) is 1.17. The molecule has 2 aromatic rings. The van der Waals surface area contributed by atoms with E-state index in [0.717, 1.165) is 24.8 Å². The molecule has 1 atom stereocenters. The monoisotopic (exact) mass is 486 g/mol. The van der Waals surface area contributed by atoms with E-state index in [1.807, 2.05) is 4.90 Å². The Morgan fingerprint density at radius 2 is 1.68 bits per heavy atom. The van der Waals surface area contributed by atoms with Crippen molar-refractivity contribution in [1.29, 1.82) is 0 Å². The van der Waals surface area contributed by atoms with E-state index in [1.54, 1.807) is 36.4 Å². The zero-order valence-electron chi connectivity index (χ0n) is 19.5. The predicted molar refractivity (Wildman–Crippen MR) is 126 cm³/mol. The Morgan fingerprint density at radius 3 is 2.26 bits per heavy atom. The number of nitrogens with zero attached hydrogens (tertiary/aromatic N) is 2. The summed E-state index contributed by atoms with van der Waals surface area (Å²) in [5.41, 5.74) is 1.14. The van der Waals surface area contributed by atoms with Crippen molar-refractivity contribution in [3.63, 3.8) is 0 Å². The Hall–Kier alpha value is -2.91. The van der Waals surface area contributed by atoms with Gasteiger partial charge in [-0.2, -0.15) is 4.31 Å². The molecule has 8 nitrogen and oxygen atoms in total. The molecule has 0 bridgehead atoms. The fourth-order valence-electron chi connectivity index (χ4n) is 4.32. The largest absolute Gasteiger partial charge is 0.497 e. The number of ether oxygens (including phenoxy) is 2. The summed E-state index contributed by atoms with van der Waals surface area (Å²) in [4.78, 5) is 26.5. The number of piperidine rings is 1. The second kappa shape index (κ2) is 10.1. The van der Waals surface area contributed by atoms with Crippen LogP contribution in [0.1, 0.15) is 41.6 Å². The number of rotatable bonds is 8. The average Bonchev–Trinajstić information content (AvgIpc) is 3.72. The standard InChI is InChI=1S/C25H30N2O6S/c1-32-22-11-13-23(14-12-22)34(30,31)27(16-18-5-7-20(8-6-18)25(29)33-2)21-4-3-15-26(17-21)24(28)19-9-10-19/h5-8,11-14,19,21H,3-4,9-10,15-17H2,1-2H3. The van der Waals surface area contributed by atoms with Gasteiger partial charge in [-0.1, -0.05) is 12.1 Å². The Labute approximate surface area is 200 Å². The molecule has 1 amide bonds. The smallest absolute Gasteiger partial charge is 0.337 e. The van der Waals surface area contributed by atoms with Crippen LogP contribution in [-0.4, -0.2) is 62.9 Å². The van der Waals surface area contributed by atoms with Crippen LogP contribution in [0.5, 0.6) is 5.75 Å². The molecule has 0 N–H and O–H groups in total. The number of hydrogen-bond donors (Lipinski definition) is 0. The van der Waals surface area contributed by atoms with E-state index in [4.69, 9.17) is 9.47 Å². The van der Waals surface area contributed by atoms with Gasteiger partial charge in [0.15, 0.2) is 0 Å². The van der Waals surface area contributed by atoms with Gasteiger partial charge in [-0.3, -0.25) is 4.79 Å². The summed E-state index contributed by atoms with van der Waals surface area (Å²) >= 11 is 0. The molecule has 1 heterocycles. The first kappa shape index (κ1) is 24.2. The number of esters is 1. The molecule has 2 fully saturated rings. The summed E-state index contributed by atoms with van der Waals surface area (Å²) in [6.07, 6.45) is 3.25. The van der Waals surface area contributed by atoms with Gasteiger partial charge < -0.3 is 14.4 Å². The maximum atomic E-state index is 13.8. The molecule has 0 spiro atoms. The van der Waals surface area contributed by atoms with Crippen LogP contribution in [0.3, 0.4) is 0 Å². The van der Waals surface area contributed by atoms with Crippen molar-refractivity contribution in [2.45, 2.75) is 43.2 Å². The molecule has 4 rings (SSSR count). The van der Waals surface area contributed by atoms with Crippen LogP contribution in [0.4, 0.5) is 0 Å². The summed E-state index contributed by atoms with van der Waals surface area (Å²) in [6, 6.07) is 12.7. The lowest BCUT2D eigenvalue weighted by Gasteiger charge is -2.39. The zero-order chi connectivity index (χ0) is 24.3. The van der Waals surface area contributed by atoms with Crippen molar-refractivity contribution in [1.82, 2.24) is 9.21 Å². The topological polar surface area (TPSA) is 93.2 Å². The molecule has 0 radical (unpaired) electrons. The number of benzene rings is 2. The van der Waals surface area contributed by atoms with Gasteiger partial charge in [0.2, 0.25) is 15.9 Å². The molecular weight excluding hydrogens is 456 g/mol. The van der Waals surface area contributed by atoms with Crippen molar-refractivity contribution < 1.29 is 27.5 Å². The Kier molecular flexibility index (Phi) is 7.23. The number of hydrogen-bond acceptors (Lipinski definition) is 6.